The first-order chi connectivity index (χ1) is 29.7. The predicted molar refractivity (Wildman–Crippen MR) is 235 cm³/mol. The Morgan fingerprint density at radius 1 is 0.267 bits per heavy atom. The van der Waals surface area contributed by atoms with E-state index in [4.69, 9.17) is 39.4 Å². The maximum atomic E-state index is 6.61. The zero-order valence-electron chi connectivity index (χ0n) is 32.0. The van der Waals surface area contributed by atoms with Crippen LogP contribution in [0.15, 0.2) is 194 Å². The molecule has 0 saturated carbocycles. The molecule has 0 aliphatic carbocycles. The molecule has 2 aromatic heterocycles. The molecule has 0 unspecified atom stereocenters. The molecule has 0 atom stereocenters. The van der Waals surface area contributed by atoms with Gasteiger partial charge in [-0.2, -0.15) is 0 Å². The van der Waals surface area contributed by atoms with Crippen LogP contribution in [0.3, 0.4) is 0 Å². The summed E-state index contributed by atoms with van der Waals surface area (Å²) in [6.45, 7) is 0. The van der Waals surface area contributed by atoms with Crippen LogP contribution in [-0.2, 0) is 0 Å². The van der Waals surface area contributed by atoms with Gasteiger partial charge in [0.2, 0.25) is 0 Å². The second-order valence-electron chi connectivity index (χ2n) is 14.3. The Hall–Kier alpha value is -8.36. The van der Waals surface area contributed by atoms with Gasteiger partial charge in [0.25, 0.3) is 0 Å². The third kappa shape index (κ3) is 6.48. The molecule has 10 aromatic rings. The average Bonchev–Trinajstić information content (AvgIpc) is 3.33. The number of aromatic nitrogens is 6. The molecule has 0 N–H and O–H groups in total. The molecule has 1 aliphatic rings. The van der Waals surface area contributed by atoms with Crippen LogP contribution in [0.5, 0.6) is 23.0 Å². The van der Waals surface area contributed by atoms with E-state index in [2.05, 4.69) is 36.4 Å². The Morgan fingerprint density at radius 2 is 0.717 bits per heavy atom. The molecule has 0 spiro atoms. The summed E-state index contributed by atoms with van der Waals surface area (Å²) in [6, 6.07) is 64.1. The summed E-state index contributed by atoms with van der Waals surface area (Å²) in [5, 5.41) is 2.15. The van der Waals surface area contributed by atoms with Crippen molar-refractivity contribution in [3.05, 3.63) is 194 Å². The summed E-state index contributed by atoms with van der Waals surface area (Å²) < 4.78 is 13.0. The number of ether oxygens (including phenoxy) is 2. The Morgan fingerprint density at radius 3 is 1.35 bits per heavy atom. The van der Waals surface area contributed by atoms with E-state index in [1.54, 1.807) is 0 Å². The number of hydrogen-bond acceptors (Lipinski definition) is 8. The van der Waals surface area contributed by atoms with Gasteiger partial charge in [-0.3, -0.25) is 0 Å². The predicted octanol–water partition coefficient (Wildman–Crippen LogP) is 12.8. The van der Waals surface area contributed by atoms with Gasteiger partial charge in [0.05, 0.1) is 0 Å². The Labute approximate surface area is 345 Å². The molecule has 8 aromatic carbocycles. The molecular weight excluding hydrogens is 741 g/mol. The van der Waals surface area contributed by atoms with Crippen molar-refractivity contribution in [2.45, 2.75) is 0 Å². The number of benzene rings is 8. The lowest BCUT2D eigenvalue weighted by Gasteiger charge is -2.23. The standard InChI is InChI=1S/C52H32N6O2/c1-4-17-34(18-5-1)47-53-48(35-19-6-2-7-20-35)57-52(56-47)42-32-37(30-31-39(42)40-25-15-29-45-46(40)60-44-28-13-12-27-43(44)59-45)50-54-49(36-21-8-3-9-22-36)55-51(58-50)41-26-14-23-33-16-10-11-24-38(33)41/h1-32H. The van der Waals surface area contributed by atoms with Crippen LogP contribution in [0.4, 0.5) is 0 Å². The van der Waals surface area contributed by atoms with Gasteiger partial charge in [0.1, 0.15) is 0 Å². The zero-order valence-corrected chi connectivity index (χ0v) is 32.0. The van der Waals surface area contributed by atoms with Crippen molar-refractivity contribution in [1.29, 1.82) is 0 Å². The average molecular weight is 773 g/mol. The molecule has 0 fully saturated rings. The fourth-order valence-corrected chi connectivity index (χ4v) is 7.56. The minimum absolute atomic E-state index is 0.473. The highest BCUT2D eigenvalue weighted by Gasteiger charge is 2.26. The number of nitrogens with zero attached hydrogens (tertiary/aromatic N) is 6. The summed E-state index contributed by atoms with van der Waals surface area (Å²) in [5.74, 6) is 5.69. The van der Waals surface area contributed by atoms with Gasteiger partial charge in [-0.1, -0.05) is 170 Å². The van der Waals surface area contributed by atoms with E-state index in [1.165, 1.54) is 0 Å². The van der Waals surface area contributed by atoms with E-state index < -0.39 is 0 Å². The lowest BCUT2D eigenvalue weighted by atomic mass is 9.95. The van der Waals surface area contributed by atoms with Gasteiger partial charge >= 0.3 is 0 Å². The quantitative estimate of drug-likeness (QED) is 0.158. The molecule has 11 rings (SSSR count). The van der Waals surface area contributed by atoms with E-state index in [0.717, 1.165) is 55.3 Å². The lowest BCUT2D eigenvalue weighted by molar-refractivity contribution is 0.361. The van der Waals surface area contributed by atoms with Crippen LogP contribution in [0.2, 0.25) is 0 Å². The first kappa shape index (κ1) is 34.9. The number of hydrogen-bond donors (Lipinski definition) is 0. The third-order valence-electron chi connectivity index (χ3n) is 10.5. The minimum Gasteiger partial charge on any atom is -0.449 e. The van der Waals surface area contributed by atoms with Crippen LogP contribution >= 0.6 is 0 Å². The first-order valence-corrected chi connectivity index (χ1v) is 19.6. The molecule has 0 amide bonds. The Bertz CT molecular complexity index is 3150. The van der Waals surface area contributed by atoms with Crippen molar-refractivity contribution in [2.24, 2.45) is 0 Å². The third-order valence-corrected chi connectivity index (χ3v) is 10.5. The molecule has 8 heteroatoms. The molecule has 0 radical (unpaired) electrons. The first-order valence-electron chi connectivity index (χ1n) is 19.6. The maximum Gasteiger partial charge on any atom is 0.177 e. The fourth-order valence-electron chi connectivity index (χ4n) is 7.56. The number of para-hydroxylation sites is 3. The Kier molecular flexibility index (Phi) is 8.63. The van der Waals surface area contributed by atoms with Crippen molar-refractivity contribution in [1.82, 2.24) is 29.9 Å². The highest BCUT2D eigenvalue weighted by atomic mass is 16.6. The van der Waals surface area contributed by atoms with Crippen molar-refractivity contribution in [2.75, 3.05) is 0 Å². The SMILES string of the molecule is c1ccc(-c2nc(-c3ccccc3)nc(-c3cc(-c4nc(-c5ccccc5)nc(-c5cccc6ccccc56)n4)ccc3-c3cccc4c3Oc3ccccc3O4)n2)cc1. The zero-order chi connectivity index (χ0) is 39.8. The topological polar surface area (TPSA) is 95.8 Å². The molecule has 1 aliphatic heterocycles. The van der Waals surface area contributed by atoms with Crippen LogP contribution in [0, 0.1) is 0 Å². The van der Waals surface area contributed by atoms with Crippen LogP contribution in [0.1, 0.15) is 0 Å². The summed E-state index contributed by atoms with van der Waals surface area (Å²) in [7, 11) is 0. The van der Waals surface area contributed by atoms with E-state index in [1.807, 2.05) is 158 Å². The summed E-state index contributed by atoms with van der Waals surface area (Å²) in [5.41, 5.74) is 6.65. The van der Waals surface area contributed by atoms with Crippen molar-refractivity contribution < 1.29 is 9.47 Å². The van der Waals surface area contributed by atoms with E-state index in [0.29, 0.717) is 57.9 Å². The number of fused-ring (bicyclic) bond motifs is 3. The van der Waals surface area contributed by atoms with Crippen molar-refractivity contribution in [3.8, 4) is 102 Å². The van der Waals surface area contributed by atoms with Crippen LogP contribution in [0.25, 0.3) is 90.2 Å². The van der Waals surface area contributed by atoms with Gasteiger partial charge in [-0.05, 0) is 40.6 Å². The lowest BCUT2D eigenvalue weighted by Crippen LogP contribution is -2.04. The highest BCUT2D eigenvalue weighted by molar-refractivity contribution is 5.95. The molecule has 0 saturated heterocycles. The second-order valence-corrected chi connectivity index (χ2v) is 14.3. The van der Waals surface area contributed by atoms with Gasteiger partial charge < -0.3 is 9.47 Å². The highest BCUT2D eigenvalue weighted by Crippen LogP contribution is 2.51. The molecule has 60 heavy (non-hydrogen) atoms. The fraction of sp³-hybridized carbons (Fsp3) is 0. The second kappa shape index (κ2) is 14.9. The van der Waals surface area contributed by atoms with E-state index in [-0.39, 0.29) is 0 Å². The molecular formula is C52H32N6O2. The van der Waals surface area contributed by atoms with Crippen LogP contribution in [-0.4, -0.2) is 29.9 Å². The smallest absolute Gasteiger partial charge is 0.177 e. The largest absolute Gasteiger partial charge is 0.449 e. The minimum atomic E-state index is 0.473. The van der Waals surface area contributed by atoms with Crippen molar-refractivity contribution in [3.63, 3.8) is 0 Å². The van der Waals surface area contributed by atoms with Gasteiger partial charge in [0, 0.05) is 38.9 Å². The molecule has 3 heterocycles. The Balaban J connectivity index is 1.16. The van der Waals surface area contributed by atoms with Gasteiger partial charge in [-0.15, -0.1) is 0 Å². The summed E-state index contributed by atoms with van der Waals surface area (Å²) in [4.78, 5) is 30.7. The van der Waals surface area contributed by atoms with Gasteiger partial charge in [0.15, 0.2) is 57.9 Å². The van der Waals surface area contributed by atoms with Crippen molar-refractivity contribution >= 4 is 10.8 Å². The van der Waals surface area contributed by atoms with Gasteiger partial charge in [-0.25, -0.2) is 29.9 Å². The molecule has 0 bridgehead atoms. The summed E-state index contributed by atoms with van der Waals surface area (Å²) >= 11 is 0. The van der Waals surface area contributed by atoms with Crippen LogP contribution < -0.4 is 9.47 Å². The van der Waals surface area contributed by atoms with E-state index >= 15 is 0 Å². The normalized spacial score (nSPS) is 11.6. The monoisotopic (exact) mass is 772 g/mol. The summed E-state index contributed by atoms with van der Waals surface area (Å²) in [6.07, 6.45) is 0. The maximum absolute atomic E-state index is 6.61. The molecule has 8 nitrogen and oxygen atoms in total. The number of rotatable bonds is 7. The molecule has 282 valence electrons. The van der Waals surface area contributed by atoms with E-state index in [9.17, 15) is 0 Å².